The van der Waals surface area contributed by atoms with Gasteiger partial charge in [-0.2, -0.15) is 0 Å². The van der Waals surface area contributed by atoms with Gasteiger partial charge < -0.3 is 38.6 Å². The fraction of sp³-hybridized carbons (Fsp3) is 0.389. The predicted molar refractivity (Wildman–Crippen MR) is 171 cm³/mol. The minimum Gasteiger partial charge on any atom is -0.497 e. The summed E-state index contributed by atoms with van der Waals surface area (Å²) in [5, 5.41) is 2.97. The molecule has 252 valence electrons. The first kappa shape index (κ1) is 32.7. The van der Waals surface area contributed by atoms with Crippen molar-refractivity contribution in [2.24, 2.45) is 11.8 Å². The molecule has 3 aromatic rings. The van der Waals surface area contributed by atoms with Crippen LogP contribution in [0.15, 0.2) is 60.7 Å². The molecule has 12 heteroatoms. The lowest BCUT2D eigenvalue weighted by molar-refractivity contribution is -0.165. The van der Waals surface area contributed by atoms with Gasteiger partial charge in [0.1, 0.15) is 29.1 Å². The number of benzene rings is 3. The fourth-order valence-corrected chi connectivity index (χ4v) is 6.82. The topological polar surface area (TPSA) is 139 Å². The second-order valence-corrected chi connectivity index (χ2v) is 12.2. The number of ketones is 1. The van der Waals surface area contributed by atoms with Crippen molar-refractivity contribution >= 4 is 23.6 Å². The van der Waals surface area contributed by atoms with Crippen molar-refractivity contribution < 1.29 is 47.6 Å². The standard InChI is InChI=1S/C36H38N2O10/c1-20(2)33(40)37-26-12-9-17-38(26)34(41)28-29(21-10-7-6-8-11-21)36(35(42)45-5,22-13-15-23(43-3)16-14-22)48-24-18-25-31(47-19-46-25)32(44-4)27(24)30(28)39/h6-8,10-11,13-16,18,20,26,28-29H,9,12,17,19H2,1-5H3,(H,37,40)/t26-,28-,29-,36-/m0/s1. The molecular formula is C36H38N2O10. The average molecular weight is 659 g/mol. The van der Waals surface area contributed by atoms with E-state index in [2.05, 4.69) is 5.32 Å². The Kier molecular flexibility index (Phi) is 8.91. The van der Waals surface area contributed by atoms with E-state index >= 15 is 9.59 Å². The maximum atomic E-state index is 15.2. The van der Waals surface area contributed by atoms with Crippen LogP contribution >= 0.6 is 0 Å². The lowest BCUT2D eigenvalue weighted by Crippen LogP contribution is -2.56. The number of likely N-dealkylation sites (tertiary alicyclic amines) is 1. The number of amides is 2. The number of hydrogen-bond donors (Lipinski definition) is 1. The van der Waals surface area contributed by atoms with Crippen LogP contribution in [-0.4, -0.2) is 69.3 Å². The zero-order valence-electron chi connectivity index (χ0n) is 27.4. The number of nitrogens with zero attached hydrogens (tertiary/aromatic N) is 1. The Bertz CT molecular complexity index is 1720. The molecule has 3 aliphatic heterocycles. The maximum absolute atomic E-state index is 15.2. The second kappa shape index (κ2) is 13.1. The summed E-state index contributed by atoms with van der Waals surface area (Å²) in [6.07, 6.45) is 0.436. The van der Waals surface area contributed by atoms with Gasteiger partial charge in [0.25, 0.3) is 0 Å². The molecule has 0 aromatic heterocycles. The van der Waals surface area contributed by atoms with Crippen LogP contribution in [0.2, 0.25) is 0 Å². The largest absolute Gasteiger partial charge is 0.497 e. The molecule has 0 bridgehead atoms. The van der Waals surface area contributed by atoms with Crippen LogP contribution < -0.4 is 29.0 Å². The molecule has 1 saturated heterocycles. The number of methoxy groups -OCH3 is 3. The van der Waals surface area contributed by atoms with E-state index in [1.54, 1.807) is 68.4 Å². The molecule has 0 spiro atoms. The van der Waals surface area contributed by atoms with E-state index in [0.29, 0.717) is 29.7 Å². The smallest absolute Gasteiger partial charge is 0.355 e. The number of hydrogen-bond acceptors (Lipinski definition) is 10. The summed E-state index contributed by atoms with van der Waals surface area (Å²) in [7, 11) is 4.11. The lowest BCUT2D eigenvalue weighted by atomic mass is 9.68. The van der Waals surface area contributed by atoms with Crippen LogP contribution in [-0.2, 0) is 24.7 Å². The summed E-state index contributed by atoms with van der Waals surface area (Å²) in [6, 6.07) is 16.9. The molecular weight excluding hydrogens is 620 g/mol. The molecule has 2 amide bonds. The SMILES string of the molecule is COC(=O)[C@@]1(c2ccc(OC)cc2)Oc2cc3c(c(OC)c2C(=O)[C@@H](C(=O)N2CCC[C@H]2NC(=O)C(C)C)[C@@H]1c1ccccc1)OCO3. The minimum absolute atomic E-state index is 0.0103. The molecule has 3 aliphatic rings. The van der Waals surface area contributed by atoms with Crippen molar-refractivity contribution in [3.8, 4) is 28.7 Å². The molecule has 12 nitrogen and oxygen atoms in total. The minimum atomic E-state index is -2.10. The van der Waals surface area contributed by atoms with Crippen LogP contribution in [0.5, 0.6) is 28.7 Å². The van der Waals surface area contributed by atoms with Gasteiger partial charge in [-0.05, 0) is 30.5 Å². The molecule has 0 radical (unpaired) electrons. The monoisotopic (exact) mass is 658 g/mol. The Morgan fingerprint density at radius 2 is 1.69 bits per heavy atom. The van der Waals surface area contributed by atoms with E-state index in [-0.39, 0.29) is 53.7 Å². The highest BCUT2D eigenvalue weighted by Crippen LogP contribution is 2.56. The number of nitrogens with one attached hydrogen (secondary N) is 1. The summed E-state index contributed by atoms with van der Waals surface area (Å²) in [5.74, 6) is -4.57. The highest BCUT2D eigenvalue weighted by Gasteiger charge is 2.62. The van der Waals surface area contributed by atoms with Gasteiger partial charge in [0.15, 0.2) is 17.3 Å². The molecule has 48 heavy (non-hydrogen) atoms. The number of carbonyl (C=O) groups is 4. The molecule has 1 fully saturated rings. The zero-order chi connectivity index (χ0) is 34.2. The number of esters is 1. The molecule has 4 atom stereocenters. The summed E-state index contributed by atoms with van der Waals surface area (Å²) in [6.45, 7) is 3.68. The quantitative estimate of drug-likeness (QED) is 0.277. The van der Waals surface area contributed by atoms with Crippen LogP contribution in [0.1, 0.15) is 54.1 Å². The number of rotatable bonds is 8. The molecule has 0 unspecified atom stereocenters. The van der Waals surface area contributed by atoms with Crippen LogP contribution in [0.3, 0.4) is 0 Å². The summed E-state index contributed by atoms with van der Waals surface area (Å²) in [4.78, 5) is 59.2. The van der Waals surface area contributed by atoms with Gasteiger partial charge in [0, 0.05) is 24.1 Å². The van der Waals surface area contributed by atoms with E-state index in [0.717, 1.165) is 0 Å². The lowest BCUT2D eigenvalue weighted by Gasteiger charge is -2.41. The predicted octanol–water partition coefficient (Wildman–Crippen LogP) is 4.20. The van der Waals surface area contributed by atoms with Crippen molar-refractivity contribution in [2.75, 3.05) is 34.7 Å². The van der Waals surface area contributed by atoms with Crippen molar-refractivity contribution in [3.63, 3.8) is 0 Å². The Morgan fingerprint density at radius 3 is 2.33 bits per heavy atom. The zero-order valence-corrected chi connectivity index (χ0v) is 27.4. The van der Waals surface area contributed by atoms with Crippen LogP contribution in [0, 0.1) is 11.8 Å². The van der Waals surface area contributed by atoms with Crippen molar-refractivity contribution in [1.82, 2.24) is 10.2 Å². The summed E-state index contributed by atoms with van der Waals surface area (Å²) < 4.78 is 34.8. The maximum Gasteiger partial charge on any atom is 0.355 e. The number of carbonyl (C=O) groups excluding carboxylic acids is 4. The fourth-order valence-electron chi connectivity index (χ4n) is 6.82. The summed E-state index contributed by atoms with van der Waals surface area (Å²) >= 11 is 0. The first-order valence-corrected chi connectivity index (χ1v) is 15.8. The third-order valence-corrected chi connectivity index (χ3v) is 9.16. The van der Waals surface area contributed by atoms with Crippen LogP contribution in [0.25, 0.3) is 0 Å². The third kappa shape index (κ3) is 5.34. The molecule has 6 rings (SSSR count). The highest BCUT2D eigenvalue weighted by atomic mass is 16.7. The van der Waals surface area contributed by atoms with Crippen LogP contribution in [0.4, 0.5) is 0 Å². The van der Waals surface area contributed by atoms with Crippen molar-refractivity contribution in [1.29, 1.82) is 0 Å². The Balaban J connectivity index is 1.66. The number of ether oxygens (including phenoxy) is 6. The molecule has 3 aromatic carbocycles. The number of fused-ring (bicyclic) bond motifs is 2. The van der Waals surface area contributed by atoms with Gasteiger partial charge >= 0.3 is 5.97 Å². The molecule has 3 heterocycles. The van der Waals surface area contributed by atoms with Crippen molar-refractivity contribution in [2.45, 2.75) is 44.4 Å². The normalized spacial score (nSPS) is 22.8. The highest BCUT2D eigenvalue weighted by molar-refractivity contribution is 6.15. The summed E-state index contributed by atoms with van der Waals surface area (Å²) in [5.41, 5.74) is -1.40. The molecule has 1 N–H and O–H groups in total. The second-order valence-electron chi connectivity index (χ2n) is 12.2. The number of Topliss-reactive ketones (excluding diaryl/α,β-unsaturated/α-hetero) is 1. The van der Waals surface area contributed by atoms with Gasteiger partial charge in [-0.3, -0.25) is 14.4 Å². The van der Waals surface area contributed by atoms with Gasteiger partial charge in [-0.25, -0.2) is 4.79 Å². The first-order chi connectivity index (χ1) is 23.2. The van der Waals surface area contributed by atoms with E-state index in [1.165, 1.54) is 32.3 Å². The van der Waals surface area contributed by atoms with E-state index in [4.69, 9.17) is 28.4 Å². The van der Waals surface area contributed by atoms with Gasteiger partial charge in [0.2, 0.25) is 30.0 Å². The molecule has 0 saturated carbocycles. The average Bonchev–Trinajstić information content (AvgIpc) is 3.76. The van der Waals surface area contributed by atoms with E-state index < -0.39 is 41.3 Å². The first-order valence-electron chi connectivity index (χ1n) is 15.8. The third-order valence-electron chi connectivity index (χ3n) is 9.16. The van der Waals surface area contributed by atoms with Gasteiger partial charge in [-0.1, -0.05) is 56.3 Å². The van der Waals surface area contributed by atoms with Gasteiger partial charge in [-0.15, -0.1) is 0 Å². The van der Waals surface area contributed by atoms with E-state index in [1.807, 2.05) is 0 Å². The Hall–Kier alpha value is -5.26. The Morgan fingerprint density at radius 1 is 0.958 bits per heavy atom. The van der Waals surface area contributed by atoms with E-state index in [9.17, 15) is 9.59 Å². The van der Waals surface area contributed by atoms with Gasteiger partial charge in [0.05, 0.1) is 27.2 Å². The van der Waals surface area contributed by atoms with Crippen molar-refractivity contribution in [3.05, 3.63) is 77.4 Å². The Labute approximate surface area is 278 Å². The molecule has 0 aliphatic carbocycles.